The van der Waals surface area contributed by atoms with Crippen LogP contribution in [0.2, 0.25) is 10.0 Å². The minimum atomic E-state index is -4.04. The van der Waals surface area contributed by atoms with Crippen LogP contribution in [0.25, 0.3) is 0 Å². The molecule has 0 bridgehead atoms. The quantitative estimate of drug-likeness (QED) is 0.334. The van der Waals surface area contributed by atoms with E-state index >= 15 is 0 Å². The summed E-state index contributed by atoms with van der Waals surface area (Å²) in [5, 5.41) is 3.87. The third kappa shape index (κ3) is 4.85. The second-order valence-electron chi connectivity index (χ2n) is 8.47. The molecule has 5 rings (SSSR count). The number of sulfone groups is 1. The van der Waals surface area contributed by atoms with Gasteiger partial charge in [0.25, 0.3) is 11.8 Å². The Kier molecular flexibility index (Phi) is 6.77. The Morgan fingerprint density at radius 2 is 1.54 bits per heavy atom. The predicted octanol–water partition coefficient (Wildman–Crippen LogP) is 5.92. The van der Waals surface area contributed by atoms with Gasteiger partial charge in [-0.2, -0.15) is 0 Å². The smallest absolute Gasteiger partial charge is 0.259 e. The maximum atomic E-state index is 13.7. The Morgan fingerprint density at radius 3 is 2.30 bits per heavy atom. The first kappa shape index (κ1) is 25.0. The van der Waals surface area contributed by atoms with Gasteiger partial charge in [-0.15, -0.1) is 0 Å². The molecule has 6 nitrogen and oxygen atoms in total. The van der Waals surface area contributed by atoms with E-state index in [4.69, 9.17) is 23.2 Å². The number of halogens is 2. The van der Waals surface area contributed by atoms with E-state index in [9.17, 15) is 18.0 Å². The number of rotatable bonds is 5. The third-order valence-corrected chi connectivity index (χ3v) is 8.58. The van der Waals surface area contributed by atoms with Crippen molar-refractivity contribution in [3.8, 4) is 0 Å². The van der Waals surface area contributed by atoms with Crippen LogP contribution >= 0.6 is 23.2 Å². The lowest BCUT2D eigenvalue weighted by Crippen LogP contribution is -2.31. The highest BCUT2D eigenvalue weighted by Crippen LogP contribution is 2.38. The van der Waals surface area contributed by atoms with Crippen molar-refractivity contribution in [2.45, 2.75) is 22.9 Å². The lowest BCUT2D eigenvalue weighted by Gasteiger charge is -2.23. The van der Waals surface area contributed by atoms with Crippen LogP contribution in [0.15, 0.2) is 101 Å². The summed E-state index contributed by atoms with van der Waals surface area (Å²) in [6, 6.07) is 24.4. The van der Waals surface area contributed by atoms with Crippen molar-refractivity contribution in [3.05, 3.63) is 123 Å². The van der Waals surface area contributed by atoms with E-state index in [1.165, 1.54) is 35.2 Å². The van der Waals surface area contributed by atoms with E-state index in [2.05, 4.69) is 5.32 Å². The number of nitrogens with one attached hydrogen (secondary N) is 1. The summed E-state index contributed by atoms with van der Waals surface area (Å²) in [4.78, 5) is 28.0. The highest BCUT2D eigenvalue weighted by Gasteiger charge is 2.36. The molecule has 4 aromatic rings. The predicted molar refractivity (Wildman–Crippen MR) is 143 cm³/mol. The number of carbonyl (C=O) groups excluding carboxylic acids is 2. The largest absolute Gasteiger partial charge is 0.348 e. The number of anilines is 1. The Bertz CT molecular complexity index is 1640. The van der Waals surface area contributed by atoms with Gasteiger partial charge in [0.15, 0.2) is 0 Å². The van der Waals surface area contributed by atoms with Crippen molar-refractivity contribution in [1.29, 1.82) is 0 Å². The van der Waals surface area contributed by atoms with Crippen LogP contribution in [0.5, 0.6) is 0 Å². The molecule has 37 heavy (non-hydrogen) atoms. The minimum Gasteiger partial charge on any atom is -0.348 e. The molecule has 0 fully saturated rings. The number of benzene rings is 4. The molecule has 9 heteroatoms. The number of hydrogen-bond acceptors (Lipinski definition) is 4. The van der Waals surface area contributed by atoms with E-state index < -0.39 is 21.7 Å². The topological polar surface area (TPSA) is 83.6 Å². The van der Waals surface area contributed by atoms with Crippen molar-refractivity contribution < 1.29 is 18.0 Å². The van der Waals surface area contributed by atoms with Crippen molar-refractivity contribution in [2.75, 3.05) is 4.90 Å². The van der Waals surface area contributed by atoms with E-state index in [0.29, 0.717) is 10.0 Å². The molecule has 0 saturated carbocycles. The highest BCUT2D eigenvalue weighted by molar-refractivity contribution is 7.91. The molecule has 0 spiro atoms. The molecule has 1 aliphatic heterocycles. The first-order valence-corrected chi connectivity index (χ1v) is 13.6. The van der Waals surface area contributed by atoms with Gasteiger partial charge in [-0.25, -0.2) is 8.42 Å². The molecular weight excluding hydrogens is 531 g/mol. The normalized spacial score (nSPS) is 13.9. The molecule has 2 amide bonds. The lowest BCUT2D eigenvalue weighted by molar-refractivity contribution is 0.0947. The summed E-state index contributed by atoms with van der Waals surface area (Å²) in [5.41, 5.74) is 1.89. The number of hydrogen-bond donors (Lipinski definition) is 1. The molecule has 0 radical (unpaired) electrons. The van der Waals surface area contributed by atoms with Crippen molar-refractivity contribution in [2.24, 2.45) is 0 Å². The van der Waals surface area contributed by atoms with E-state index in [1.54, 1.807) is 54.6 Å². The van der Waals surface area contributed by atoms with Gasteiger partial charge < -0.3 is 10.2 Å². The summed E-state index contributed by atoms with van der Waals surface area (Å²) in [6.45, 7) is 0.268. The standard InChI is InChI=1S/C28H20Cl2N2O4S/c29-21-12-9-18(10-13-21)17-32-24-15-19(27(33)31-16-20-5-1-3-7-23(20)30)11-14-26(24)37(35,36)25-8-4-2-6-22(25)28(32)34/h1-15H,16-17H2,(H,31,33). The summed E-state index contributed by atoms with van der Waals surface area (Å²) < 4.78 is 27.2. The molecule has 1 aliphatic rings. The molecule has 0 saturated heterocycles. The van der Waals surface area contributed by atoms with Crippen molar-refractivity contribution >= 4 is 50.5 Å². The van der Waals surface area contributed by atoms with Gasteiger partial charge in [-0.1, -0.05) is 65.7 Å². The fourth-order valence-corrected chi connectivity index (χ4v) is 6.16. The molecular formula is C28H20Cl2N2O4S. The van der Waals surface area contributed by atoms with Crippen LogP contribution < -0.4 is 10.2 Å². The number of nitrogens with zero attached hydrogens (tertiary/aromatic N) is 1. The number of amides is 2. The van der Waals surface area contributed by atoms with E-state index in [1.807, 2.05) is 6.07 Å². The van der Waals surface area contributed by atoms with Gasteiger partial charge in [-0.3, -0.25) is 9.59 Å². The summed E-state index contributed by atoms with van der Waals surface area (Å²) in [7, 11) is -4.04. The zero-order valence-corrected chi connectivity index (χ0v) is 21.6. The Morgan fingerprint density at radius 1 is 0.838 bits per heavy atom. The molecule has 1 N–H and O–H groups in total. The SMILES string of the molecule is O=C(NCc1ccccc1Cl)c1ccc2c(c1)N(Cc1ccc(Cl)cc1)C(=O)c1ccccc1S2(=O)=O. The van der Waals surface area contributed by atoms with E-state index in [0.717, 1.165) is 11.1 Å². The van der Waals surface area contributed by atoms with Gasteiger partial charge in [0.05, 0.1) is 27.6 Å². The van der Waals surface area contributed by atoms with E-state index in [-0.39, 0.29) is 39.7 Å². The first-order chi connectivity index (χ1) is 17.8. The van der Waals surface area contributed by atoms with Crippen LogP contribution in [-0.4, -0.2) is 20.2 Å². The van der Waals surface area contributed by atoms with Gasteiger partial charge in [0.1, 0.15) is 0 Å². The van der Waals surface area contributed by atoms with Gasteiger partial charge >= 0.3 is 0 Å². The Balaban J connectivity index is 1.58. The van der Waals surface area contributed by atoms with Crippen LogP contribution in [-0.2, 0) is 22.9 Å². The number of carbonyl (C=O) groups is 2. The average molecular weight is 551 g/mol. The summed E-state index contributed by atoms with van der Waals surface area (Å²) >= 11 is 12.2. The molecule has 0 aromatic heterocycles. The molecule has 1 heterocycles. The first-order valence-electron chi connectivity index (χ1n) is 11.3. The number of fused-ring (bicyclic) bond motifs is 2. The van der Waals surface area contributed by atoms with Crippen LogP contribution in [0.3, 0.4) is 0 Å². The highest BCUT2D eigenvalue weighted by atomic mass is 35.5. The van der Waals surface area contributed by atoms with Crippen LogP contribution in [0, 0.1) is 0 Å². The fraction of sp³-hybridized carbons (Fsp3) is 0.0714. The van der Waals surface area contributed by atoms with Crippen LogP contribution in [0.4, 0.5) is 5.69 Å². The van der Waals surface area contributed by atoms with Gasteiger partial charge in [0.2, 0.25) is 9.84 Å². The second-order valence-corrected chi connectivity index (χ2v) is 11.2. The molecule has 4 aromatic carbocycles. The third-order valence-electron chi connectivity index (χ3n) is 6.10. The monoisotopic (exact) mass is 550 g/mol. The molecule has 0 atom stereocenters. The maximum Gasteiger partial charge on any atom is 0.259 e. The minimum absolute atomic E-state index is 0.0533. The zero-order chi connectivity index (χ0) is 26.2. The summed E-state index contributed by atoms with van der Waals surface area (Å²) in [5.74, 6) is -0.915. The average Bonchev–Trinajstić information content (AvgIpc) is 2.97. The Hall–Kier alpha value is -3.65. The van der Waals surface area contributed by atoms with Gasteiger partial charge in [-0.05, 0) is 59.7 Å². The molecule has 0 aliphatic carbocycles. The zero-order valence-electron chi connectivity index (χ0n) is 19.3. The van der Waals surface area contributed by atoms with Crippen molar-refractivity contribution in [3.63, 3.8) is 0 Å². The fourth-order valence-electron chi connectivity index (χ4n) is 4.20. The molecule has 186 valence electrons. The Labute approximate surface area is 224 Å². The maximum absolute atomic E-state index is 13.7. The van der Waals surface area contributed by atoms with Crippen LogP contribution in [0.1, 0.15) is 31.8 Å². The van der Waals surface area contributed by atoms with Gasteiger partial charge in [0, 0.05) is 22.2 Å². The molecule has 0 unspecified atom stereocenters. The lowest BCUT2D eigenvalue weighted by atomic mass is 10.1. The second kappa shape index (κ2) is 10.0. The summed E-state index contributed by atoms with van der Waals surface area (Å²) in [6.07, 6.45) is 0. The van der Waals surface area contributed by atoms with Crippen molar-refractivity contribution in [1.82, 2.24) is 5.32 Å².